The van der Waals surface area contributed by atoms with Crippen molar-refractivity contribution < 1.29 is 4.39 Å². The van der Waals surface area contributed by atoms with E-state index >= 15 is 0 Å². The van der Waals surface area contributed by atoms with Gasteiger partial charge in [0.2, 0.25) is 0 Å². The van der Waals surface area contributed by atoms with Crippen LogP contribution in [-0.4, -0.2) is 11.4 Å². The van der Waals surface area contributed by atoms with Gasteiger partial charge in [-0.3, -0.25) is 5.32 Å². The molecule has 1 aromatic carbocycles. The molecule has 0 aliphatic carbocycles. The van der Waals surface area contributed by atoms with Crippen LogP contribution in [0.5, 0.6) is 0 Å². The topological polar surface area (TPSA) is 48.2 Å². The van der Waals surface area contributed by atoms with Gasteiger partial charge in [0, 0.05) is 0 Å². The molecular weight excluding hydrogens is 281 g/mol. The molecule has 0 saturated heterocycles. The van der Waals surface area contributed by atoms with Crippen molar-refractivity contribution in [3.05, 3.63) is 28.5 Å². The zero-order chi connectivity index (χ0) is 11.3. The Kier molecular flexibility index (Phi) is 4.59. The molecule has 0 spiro atoms. The number of benzene rings is 1. The molecule has 0 fully saturated rings. The largest absolute Gasteiger partial charge is 0.271 e. The van der Waals surface area contributed by atoms with Crippen LogP contribution < -0.4 is 5.32 Å². The third kappa shape index (κ3) is 3.53. The number of hydrogen-bond acceptors (Lipinski definition) is 3. The maximum atomic E-state index is 12.9. The second-order valence-electron chi connectivity index (χ2n) is 2.46. The van der Waals surface area contributed by atoms with Crippen molar-refractivity contribution in [2.45, 2.75) is 0 Å². The number of aliphatic imine (C=N–C) groups is 1. The van der Waals surface area contributed by atoms with Gasteiger partial charge in [0.25, 0.3) is 0 Å². The SMILES string of the molecule is CSC(=Nc1ccc(F)c(Br)c1)NC#N. The fourth-order valence-corrected chi connectivity index (χ4v) is 1.56. The zero-order valence-corrected chi connectivity index (χ0v) is 10.2. The molecule has 15 heavy (non-hydrogen) atoms. The first-order chi connectivity index (χ1) is 7.17. The molecule has 0 aliphatic heterocycles. The molecule has 0 saturated carbocycles. The molecule has 0 heterocycles. The van der Waals surface area contributed by atoms with E-state index < -0.39 is 0 Å². The normalized spacial score (nSPS) is 10.9. The summed E-state index contributed by atoms with van der Waals surface area (Å²) in [6.07, 6.45) is 3.57. The molecular formula is C9H7BrFN3S. The standard InChI is InChI=1S/C9H7BrFN3S/c1-15-9(13-5-12)14-6-2-3-8(11)7(10)4-6/h2-4H,1H3,(H,13,14). The van der Waals surface area contributed by atoms with E-state index in [0.29, 0.717) is 15.3 Å². The van der Waals surface area contributed by atoms with Crippen LogP contribution in [0.25, 0.3) is 0 Å². The Labute approximate surface area is 99.5 Å². The summed E-state index contributed by atoms with van der Waals surface area (Å²) in [6.45, 7) is 0. The summed E-state index contributed by atoms with van der Waals surface area (Å²) in [7, 11) is 0. The van der Waals surface area contributed by atoms with Gasteiger partial charge in [-0.05, 0) is 40.4 Å². The van der Waals surface area contributed by atoms with Crippen molar-refractivity contribution >= 4 is 38.5 Å². The molecule has 0 bridgehead atoms. The van der Waals surface area contributed by atoms with Crippen molar-refractivity contribution in [1.29, 1.82) is 5.26 Å². The number of rotatable bonds is 1. The van der Waals surface area contributed by atoms with E-state index in [9.17, 15) is 4.39 Å². The average molecular weight is 288 g/mol. The Balaban J connectivity index is 2.97. The molecule has 1 aromatic rings. The average Bonchev–Trinajstić information content (AvgIpc) is 2.23. The van der Waals surface area contributed by atoms with Gasteiger partial charge in [-0.1, -0.05) is 11.8 Å². The van der Waals surface area contributed by atoms with E-state index in [4.69, 9.17) is 5.26 Å². The highest BCUT2D eigenvalue weighted by Gasteiger charge is 2.01. The highest BCUT2D eigenvalue weighted by atomic mass is 79.9. The van der Waals surface area contributed by atoms with Crippen molar-refractivity contribution in [3.63, 3.8) is 0 Å². The van der Waals surface area contributed by atoms with Gasteiger partial charge in [-0.2, -0.15) is 5.26 Å². The predicted octanol–water partition coefficient (Wildman–Crippen LogP) is 3.01. The second kappa shape index (κ2) is 5.73. The number of nitriles is 1. The van der Waals surface area contributed by atoms with Crippen LogP contribution in [-0.2, 0) is 0 Å². The van der Waals surface area contributed by atoms with Crippen molar-refractivity contribution in [2.24, 2.45) is 4.99 Å². The molecule has 0 aromatic heterocycles. The lowest BCUT2D eigenvalue weighted by Gasteiger charge is -2.00. The summed E-state index contributed by atoms with van der Waals surface area (Å²) >= 11 is 4.37. The lowest BCUT2D eigenvalue weighted by Crippen LogP contribution is -2.12. The fourth-order valence-electron chi connectivity index (χ4n) is 0.844. The lowest BCUT2D eigenvalue weighted by atomic mass is 10.3. The highest BCUT2D eigenvalue weighted by molar-refractivity contribution is 9.10. The van der Waals surface area contributed by atoms with Gasteiger partial charge < -0.3 is 0 Å². The van der Waals surface area contributed by atoms with E-state index in [0.717, 1.165) is 0 Å². The van der Waals surface area contributed by atoms with Gasteiger partial charge in [-0.15, -0.1) is 0 Å². The summed E-state index contributed by atoms with van der Waals surface area (Å²) in [5.41, 5.74) is 0.579. The Morgan fingerprint density at radius 3 is 2.93 bits per heavy atom. The molecule has 1 N–H and O–H groups in total. The Bertz CT molecular complexity index is 428. The van der Waals surface area contributed by atoms with Gasteiger partial charge in [-0.25, -0.2) is 9.38 Å². The van der Waals surface area contributed by atoms with Crippen LogP contribution in [0.3, 0.4) is 0 Å². The minimum Gasteiger partial charge on any atom is -0.271 e. The Morgan fingerprint density at radius 2 is 2.40 bits per heavy atom. The monoisotopic (exact) mass is 287 g/mol. The molecule has 6 heteroatoms. The first kappa shape index (κ1) is 12.0. The number of amidine groups is 1. The quantitative estimate of drug-likeness (QED) is 0.374. The molecule has 3 nitrogen and oxygen atoms in total. The van der Waals surface area contributed by atoms with E-state index in [1.165, 1.54) is 23.9 Å². The zero-order valence-electron chi connectivity index (χ0n) is 7.79. The maximum absolute atomic E-state index is 12.9. The Hall–Kier alpha value is -1.06. The van der Waals surface area contributed by atoms with Crippen LogP contribution in [0.2, 0.25) is 0 Å². The fraction of sp³-hybridized carbons (Fsp3) is 0.111. The van der Waals surface area contributed by atoms with E-state index in [1.54, 1.807) is 18.5 Å². The minimum atomic E-state index is -0.340. The van der Waals surface area contributed by atoms with E-state index in [-0.39, 0.29) is 5.82 Å². The van der Waals surface area contributed by atoms with Crippen LogP contribution >= 0.6 is 27.7 Å². The molecule has 0 unspecified atom stereocenters. The van der Waals surface area contributed by atoms with Gasteiger partial charge in [0.05, 0.1) is 10.2 Å². The van der Waals surface area contributed by atoms with Gasteiger partial charge >= 0.3 is 0 Å². The summed E-state index contributed by atoms with van der Waals surface area (Å²) < 4.78 is 13.2. The number of halogens is 2. The second-order valence-corrected chi connectivity index (χ2v) is 4.11. The van der Waals surface area contributed by atoms with Gasteiger partial charge in [0.1, 0.15) is 5.82 Å². The molecule has 0 aliphatic rings. The molecule has 1 rings (SSSR count). The number of nitrogens with one attached hydrogen (secondary N) is 1. The molecule has 0 atom stereocenters. The van der Waals surface area contributed by atoms with Crippen LogP contribution in [0.4, 0.5) is 10.1 Å². The number of hydrogen-bond donors (Lipinski definition) is 1. The predicted molar refractivity (Wildman–Crippen MR) is 63.5 cm³/mol. The number of thioether (sulfide) groups is 1. The molecule has 78 valence electrons. The smallest absolute Gasteiger partial charge is 0.183 e. The van der Waals surface area contributed by atoms with Crippen molar-refractivity contribution in [2.75, 3.05) is 6.26 Å². The van der Waals surface area contributed by atoms with E-state index in [1.807, 2.05) is 0 Å². The summed E-state index contributed by atoms with van der Waals surface area (Å²) in [5.74, 6) is -0.340. The van der Waals surface area contributed by atoms with Crippen molar-refractivity contribution in [3.8, 4) is 6.19 Å². The third-order valence-corrected chi connectivity index (χ3v) is 2.68. The molecule has 0 radical (unpaired) electrons. The summed E-state index contributed by atoms with van der Waals surface area (Å²) in [4.78, 5) is 4.12. The molecule has 0 amide bonds. The minimum absolute atomic E-state index is 0.340. The first-order valence-electron chi connectivity index (χ1n) is 3.90. The summed E-state index contributed by atoms with van der Waals surface area (Å²) in [6, 6.07) is 4.40. The lowest BCUT2D eigenvalue weighted by molar-refractivity contribution is 0.621. The van der Waals surface area contributed by atoms with Gasteiger partial charge in [0.15, 0.2) is 11.4 Å². The highest BCUT2D eigenvalue weighted by Crippen LogP contribution is 2.22. The maximum Gasteiger partial charge on any atom is 0.183 e. The third-order valence-electron chi connectivity index (χ3n) is 1.49. The van der Waals surface area contributed by atoms with E-state index in [2.05, 4.69) is 26.2 Å². The van der Waals surface area contributed by atoms with Crippen LogP contribution in [0.15, 0.2) is 27.7 Å². The first-order valence-corrected chi connectivity index (χ1v) is 5.92. The number of nitrogens with zero attached hydrogens (tertiary/aromatic N) is 2. The van der Waals surface area contributed by atoms with Crippen LogP contribution in [0, 0.1) is 17.3 Å². The van der Waals surface area contributed by atoms with Crippen molar-refractivity contribution in [1.82, 2.24) is 5.32 Å². The Morgan fingerprint density at radius 1 is 1.67 bits per heavy atom. The summed E-state index contributed by atoms with van der Waals surface area (Å²) in [5, 5.41) is 11.3. The van der Waals surface area contributed by atoms with Crippen LogP contribution in [0.1, 0.15) is 0 Å².